The maximum Gasteiger partial charge on any atom is 0.185 e. The monoisotopic (exact) mass is 209 g/mol. The minimum atomic E-state index is -0.236. The number of carbonyl (C=O) groups excluding carboxylic acids is 1. The minimum absolute atomic E-state index is 0.236. The van der Waals surface area contributed by atoms with Crippen LogP contribution in [-0.2, 0) is 6.54 Å². The van der Waals surface area contributed by atoms with Crippen LogP contribution in [0.3, 0.4) is 0 Å². The van der Waals surface area contributed by atoms with E-state index in [1.54, 1.807) is 12.1 Å². The fourth-order valence-electron chi connectivity index (χ4n) is 2.03. The Labute approximate surface area is 88.5 Å². The summed E-state index contributed by atoms with van der Waals surface area (Å²) in [6.45, 7) is 3.42. The van der Waals surface area contributed by atoms with Gasteiger partial charge in [-0.2, -0.15) is 0 Å². The number of aliphatic hydroxyl groups is 1. The lowest BCUT2D eigenvalue weighted by Crippen LogP contribution is -2.26. The molecule has 1 N–H and O–H groups in total. The molecule has 1 saturated heterocycles. The van der Waals surface area contributed by atoms with E-state index in [1.165, 1.54) is 0 Å². The van der Waals surface area contributed by atoms with Crippen molar-refractivity contribution in [2.75, 3.05) is 6.54 Å². The summed E-state index contributed by atoms with van der Waals surface area (Å²) in [5, 5.41) is 9.47. The molecule has 15 heavy (non-hydrogen) atoms. The zero-order valence-corrected chi connectivity index (χ0v) is 8.72. The van der Waals surface area contributed by atoms with E-state index in [2.05, 4.69) is 11.8 Å². The number of hydrogen-bond acceptors (Lipinski definition) is 4. The average Bonchev–Trinajstić information content (AvgIpc) is 2.75. The SMILES string of the molecule is CC1CC(O)CN1Cc1ccc(C=O)o1. The number of aliphatic hydroxyl groups excluding tert-OH is 1. The Morgan fingerprint density at radius 1 is 1.67 bits per heavy atom. The largest absolute Gasteiger partial charge is 0.457 e. The van der Waals surface area contributed by atoms with Gasteiger partial charge in [0.15, 0.2) is 12.0 Å². The van der Waals surface area contributed by atoms with Gasteiger partial charge in [0.2, 0.25) is 0 Å². The third kappa shape index (κ3) is 2.27. The molecule has 0 saturated carbocycles. The van der Waals surface area contributed by atoms with Gasteiger partial charge in [-0.1, -0.05) is 0 Å². The predicted octanol–water partition coefficient (Wildman–Crippen LogP) is 1.05. The van der Waals surface area contributed by atoms with Crippen molar-refractivity contribution in [1.29, 1.82) is 0 Å². The van der Waals surface area contributed by atoms with Gasteiger partial charge in [0, 0.05) is 12.6 Å². The maximum atomic E-state index is 10.4. The topological polar surface area (TPSA) is 53.7 Å². The molecule has 4 nitrogen and oxygen atoms in total. The highest BCUT2D eigenvalue weighted by Crippen LogP contribution is 2.20. The Balaban J connectivity index is 1.99. The van der Waals surface area contributed by atoms with Crippen molar-refractivity contribution >= 4 is 6.29 Å². The molecule has 1 aliphatic rings. The van der Waals surface area contributed by atoms with Gasteiger partial charge < -0.3 is 9.52 Å². The average molecular weight is 209 g/mol. The number of β-amino-alcohol motifs (C(OH)–C–C–N with tert-alkyl or cyclic N) is 1. The van der Waals surface area contributed by atoms with E-state index in [0.29, 0.717) is 31.2 Å². The van der Waals surface area contributed by atoms with E-state index in [-0.39, 0.29) is 6.10 Å². The highest BCUT2D eigenvalue weighted by Gasteiger charge is 2.27. The molecule has 1 aromatic heterocycles. The molecule has 0 bridgehead atoms. The Kier molecular flexibility index (Phi) is 2.88. The van der Waals surface area contributed by atoms with Crippen LogP contribution in [0, 0.1) is 0 Å². The van der Waals surface area contributed by atoms with Gasteiger partial charge in [0.1, 0.15) is 5.76 Å². The molecule has 0 spiro atoms. The van der Waals surface area contributed by atoms with E-state index in [9.17, 15) is 9.90 Å². The van der Waals surface area contributed by atoms with Crippen molar-refractivity contribution in [3.63, 3.8) is 0 Å². The molecule has 4 heteroatoms. The van der Waals surface area contributed by atoms with Gasteiger partial charge in [-0.3, -0.25) is 9.69 Å². The molecule has 1 aliphatic heterocycles. The Bertz CT molecular complexity index is 347. The van der Waals surface area contributed by atoms with Crippen LogP contribution in [0.4, 0.5) is 0 Å². The third-order valence-corrected chi connectivity index (χ3v) is 2.84. The molecule has 0 aliphatic carbocycles. The molecule has 0 radical (unpaired) electrons. The van der Waals surface area contributed by atoms with Gasteiger partial charge in [-0.15, -0.1) is 0 Å². The summed E-state index contributed by atoms with van der Waals surface area (Å²) in [4.78, 5) is 12.6. The zero-order chi connectivity index (χ0) is 10.8. The summed E-state index contributed by atoms with van der Waals surface area (Å²) >= 11 is 0. The zero-order valence-electron chi connectivity index (χ0n) is 8.72. The van der Waals surface area contributed by atoms with Gasteiger partial charge in [0.25, 0.3) is 0 Å². The molecular formula is C11H15NO3. The maximum absolute atomic E-state index is 10.4. The van der Waals surface area contributed by atoms with Crippen molar-refractivity contribution in [2.24, 2.45) is 0 Å². The van der Waals surface area contributed by atoms with Crippen LogP contribution < -0.4 is 0 Å². The molecule has 2 atom stereocenters. The van der Waals surface area contributed by atoms with Crippen molar-refractivity contribution in [2.45, 2.75) is 32.0 Å². The van der Waals surface area contributed by atoms with Crippen molar-refractivity contribution in [3.05, 3.63) is 23.7 Å². The smallest absolute Gasteiger partial charge is 0.185 e. The van der Waals surface area contributed by atoms with Crippen LogP contribution in [0.25, 0.3) is 0 Å². The van der Waals surface area contributed by atoms with Crippen molar-refractivity contribution in [3.8, 4) is 0 Å². The molecular weight excluding hydrogens is 194 g/mol. The molecule has 0 amide bonds. The molecule has 1 aromatic rings. The Morgan fingerprint density at radius 2 is 2.47 bits per heavy atom. The second-order valence-electron chi connectivity index (χ2n) is 4.09. The van der Waals surface area contributed by atoms with Crippen LogP contribution in [0.15, 0.2) is 16.5 Å². The van der Waals surface area contributed by atoms with Crippen molar-refractivity contribution in [1.82, 2.24) is 4.90 Å². The second-order valence-corrected chi connectivity index (χ2v) is 4.09. The molecule has 2 heterocycles. The molecule has 2 rings (SSSR count). The number of hydrogen-bond donors (Lipinski definition) is 1. The second kappa shape index (κ2) is 4.16. The lowest BCUT2D eigenvalue weighted by Gasteiger charge is -2.18. The van der Waals surface area contributed by atoms with E-state index in [4.69, 9.17) is 4.42 Å². The predicted molar refractivity (Wildman–Crippen MR) is 54.6 cm³/mol. The number of likely N-dealkylation sites (tertiary alicyclic amines) is 1. The molecule has 82 valence electrons. The quantitative estimate of drug-likeness (QED) is 0.756. The first-order valence-electron chi connectivity index (χ1n) is 5.15. The highest BCUT2D eigenvalue weighted by atomic mass is 16.3. The number of aldehydes is 1. The summed E-state index contributed by atoms with van der Waals surface area (Å²) in [5.74, 6) is 1.13. The number of nitrogens with zero attached hydrogens (tertiary/aromatic N) is 1. The molecule has 0 aromatic carbocycles. The van der Waals surface area contributed by atoms with Crippen LogP contribution in [0.5, 0.6) is 0 Å². The molecule has 1 fully saturated rings. The normalized spacial score (nSPS) is 27.1. The third-order valence-electron chi connectivity index (χ3n) is 2.84. The van der Waals surface area contributed by atoms with Gasteiger partial charge >= 0.3 is 0 Å². The summed E-state index contributed by atoms with van der Waals surface area (Å²) in [5.41, 5.74) is 0. The summed E-state index contributed by atoms with van der Waals surface area (Å²) < 4.78 is 5.29. The fourth-order valence-corrected chi connectivity index (χ4v) is 2.03. The first-order valence-corrected chi connectivity index (χ1v) is 5.15. The number of carbonyl (C=O) groups is 1. The Morgan fingerprint density at radius 3 is 3.00 bits per heavy atom. The Hall–Kier alpha value is -1.13. The van der Waals surface area contributed by atoms with E-state index in [1.807, 2.05) is 0 Å². The van der Waals surface area contributed by atoms with E-state index < -0.39 is 0 Å². The fraction of sp³-hybridized carbons (Fsp3) is 0.545. The summed E-state index contributed by atoms with van der Waals surface area (Å²) in [7, 11) is 0. The standard InChI is InChI=1S/C11H15NO3/c1-8-4-9(14)5-12(8)6-10-2-3-11(7-13)15-10/h2-3,7-9,14H,4-6H2,1H3. The van der Waals surface area contributed by atoms with Crippen LogP contribution in [0.2, 0.25) is 0 Å². The van der Waals surface area contributed by atoms with E-state index >= 15 is 0 Å². The van der Waals surface area contributed by atoms with E-state index in [0.717, 1.165) is 12.2 Å². The first-order chi connectivity index (χ1) is 7.19. The van der Waals surface area contributed by atoms with Crippen LogP contribution >= 0.6 is 0 Å². The first kappa shape index (κ1) is 10.4. The van der Waals surface area contributed by atoms with Crippen LogP contribution in [0.1, 0.15) is 29.7 Å². The lowest BCUT2D eigenvalue weighted by atomic mass is 10.2. The number of furan rings is 1. The highest BCUT2D eigenvalue weighted by molar-refractivity contribution is 5.70. The van der Waals surface area contributed by atoms with Crippen molar-refractivity contribution < 1.29 is 14.3 Å². The van der Waals surface area contributed by atoms with Crippen LogP contribution in [-0.4, -0.2) is 35.0 Å². The summed E-state index contributed by atoms with van der Waals surface area (Å²) in [6.07, 6.45) is 1.27. The van der Waals surface area contributed by atoms with Gasteiger partial charge in [-0.25, -0.2) is 0 Å². The number of rotatable bonds is 3. The minimum Gasteiger partial charge on any atom is -0.457 e. The molecule has 2 unspecified atom stereocenters. The van der Waals surface area contributed by atoms with Gasteiger partial charge in [0.05, 0.1) is 12.6 Å². The lowest BCUT2D eigenvalue weighted by molar-refractivity contribution is 0.109. The van der Waals surface area contributed by atoms with Gasteiger partial charge in [-0.05, 0) is 25.5 Å². The summed E-state index contributed by atoms with van der Waals surface area (Å²) in [6, 6.07) is 3.84.